The molecule has 25 heavy (non-hydrogen) atoms. The van der Waals surface area contributed by atoms with E-state index in [-0.39, 0.29) is 17.6 Å². The Bertz CT molecular complexity index is 863. The van der Waals surface area contributed by atoms with Gasteiger partial charge in [0.25, 0.3) is 11.6 Å². The van der Waals surface area contributed by atoms with Crippen molar-refractivity contribution in [1.29, 1.82) is 0 Å². The van der Waals surface area contributed by atoms with Crippen molar-refractivity contribution in [2.75, 3.05) is 17.7 Å². The minimum absolute atomic E-state index is 0.00357. The van der Waals surface area contributed by atoms with Gasteiger partial charge in [-0.1, -0.05) is 18.2 Å². The van der Waals surface area contributed by atoms with Crippen LogP contribution < -0.4 is 10.6 Å². The summed E-state index contributed by atoms with van der Waals surface area (Å²) in [5.74, 6) is -0.0257. The van der Waals surface area contributed by atoms with E-state index in [0.29, 0.717) is 16.8 Å². The van der Waals surface area contributed by atoms with Crippen LogP contribution in [0.3, 0.4) is 0 Å². The second-order valence-corrected chi connectivity index (χ2v) is 6.32. The van der Waals surface area contributed by atoms with E-state index in [1.165, 1.54) is 0 Å². The van der Waals surface area contributed by atoms with Gasteiger partial charge in [0.2, 0.25) is 0 Å². The number of nitro benzene ring substituents is 1. The van der Waals surface area contributed by atoms with Crippen molar-refractivity contribution in [1.82, 2.24) is 4.90 Å². The first-order chi connectivity index (χ1) is 12.1. The number of hydrogen-bond donors (Lipinski definition) is 2. The van der Waals surface area contributed by atoms with Crippen LogP contribution in [-0.2, 0) is 0 Å². The lowest BCUT2D eigenvalue weighted by Gasteiger charge is -2.38. The van der Waals surface area contributed by atoms with Gasteiger partial charge in [0.1, 0.15) is 11.9 Å². The summed E-state index contributed by atoms with van der Waals surface area (Å²) in [5, 5.41) is 17.6. The topological polar surface area (TPSA) is 87.5 Å². The monoisotopic (exact) mass is 338 g/mol. The number of fused-ring (bicyclic) bond motifs is 1. The first-order valence-electron chi connectivity index (χ1n) is 8.24. The van der Waals surface area contributed by atoms with E-state index in [1.807, 2.05) is 35.2 Å². The van der Waals surface area contributed by atoms with Crippen molar-refractivity contribution in [3.63, 3.8) is 0 Å². The standard InChI is InChI=1S/C18H18N4O3/c1-19-15-9-6-11(10-16(15)22(24)25)17-20-14-5-3-2-4-13(14)18(23)21(17)12-7-8-12/h2-6,9-10,12,17,19-20H,7-8H2,1H3/t17-/m1/s1. The Morgan fingerprint density at radius 1 is 1.24 bits per heavy atom. The molecule has 2 N–H and O–H groups in total. The lowest BCUT2D eigenvalue weighted by Crippen LogP contribution is -2.44. The molecule has 1 aliphatic carbocycles. The Labute approximate surface area is 144 Å². The second kappa shape index (κ2) is 5.77. The van der Waals surface area contributed by atoms with Gasteiger partial charge < -0.3 is 15.5 Å². The van der Waals surface area contributed by atoms with Crippen molar-refractivity contribution >= 4 is 23.0 Å². The van der Waals surface area contributed by atoms with Gasteiger partial charge >= 0.3 is 0 Å². The van der Waals surface area contributed by atoms with Gasteiger partial charge in [0.15, 0.2) is 0 Å². The number of nitrogens with zero attached hydrogens (tertiary/aromatic N) is 2. The molecular formula is C18H18N4O3. The minimum Gasteiger partial charge on any atom is -0.383 e. The van der Waals surface area contributed by atoms with Gasteiger partial charge in [-0.15, -0.1) is 0 Å². The van der Waals surface area contributed by atoms with Gasteiger partial charge in [0.05, 0.1) is 10.5 Å². The molecule has 0 aromatic heterocycles. The summed E-state index contributed by atoms with van der Waals surface area (Å²) in [6.07, 6.45) is 1.52. The van der Waals surface area contributed by atoms with Crippen LogP contribution in [0.5, 0.6) is 0 Å². The van der Waals surface area contributed by atoms with Crippen molar-refractivity contribution in [2.24, 2.45) is 0 Å². The molecule has 7 nitrogen and oxygen atoms in total. The quantitative estimate of drug-likeness (QED) is 0.659. The number of nitro groups is 1. The van der Waals surface area contributed by atoms with Crippen LogP contribution in [0.4, 0.5) is 17.1 Å². The average Bonchev–Trinajstić information content (AvgIpc) is 3.46. The molecule has 1 atom stereocenters. The summed E-state index contributed by atoms with van der Waals surface area (Å²) in [4.78, 5) is 25.7. The summed E-state index contributed by atoms with van der Waals surface area (Å²) < 4.78 is 0. The molecule has 0 radical (unpaired) electrons. The lowest BCUT2D eigenvalue weighted by atomic mass is 10.0. The van der Waals surface area contributed by atoms with E-state index >= 15 is 0 Å². The largest absolute Gasteiger partial charge is 0.383 e. The first-order valence-corrected chi connectivity index (χ1v) is 8.24. The SMILES string of the molecule is CNc1ccc([C@@H]2Nc3ccccc3C(=O)N2C2CC2)cc1[N+](=O)[O-]. The fourth-order valence-corrected chi connectivity index (χ4v) is 3.32. The highest BCUT2D eigenvalue weighted by Gasteiger charge is 2.42. The summed E-state index contributed by atoms with van der Waals surface area (Å²) >= 11 is 0. The average molecular weight is 338 g/mol. The molecule has 2 aliphatic rings. The molecule has 2 aromatic rings. The molecule has 1 amide bonds. The Kier molecular flexibility index (Phi) is 3.56. The number of carbonyl (C=O) groups excluding carboxylic acids is 1. The molecule has 0 unspecified atom stereocenters. The van der Waals surface area contributed by atoms with Crippen molar-refractivity contribution < 1.29 is 9.72 Å². The number of carbonyl (C=O) groups is 1. The van der Waals surface area contributed by atoms with Crippen molar-refractivity contribution in [2.45, 2.75) is 25.0 Å². The molecule has 0 saturated heterocycles. The third-order valence-electron chi connectivity index (χ3n) is 4.71. The Morgan fingerprint density at radius 2 is 2.00 bits per heavy atom. The summed E-state index contributed by atoms with van der Waals surface area (Å²) in [6.45, 7) is 0. The first kappa shape index (κ1) is 15.4. The van der Waals surface area contributed by atoms with Crippen LogP contribution in [0.15, 0.2) is 42.5 Å². The van der Waals surface area contributed by atoms with E-state index < -0.39 is 11.1 Å². The summed E-state index contributed by atoms with van der Waals surface area (Å²) in [7, 11) is 1.65. The molecule has 1 saturated carbocycles. The molecule has 128 valence electrons. The molecule has 1 fully saturated rings. The molecule has 0 bridgehead atoms. The third kappa shape index (κ3) is 2.57. The molecule has 0 spiro atoms. The highest BCUT2D eigenvalue weighted by Crippen LogP contribution is 2.41. The van der Waals surface area contributed by atoms with Crippen molar-refractivity contribution in [3.8, 4) is 0 Å². The van der Waals surface area contributed by atoms with Gasteiger partial charge in [-0.3, -0.25) is 14.9 Å². The zero-order valence-electron chi connectivity index (χ0n) is 13.7. The normalized spacial score (nSPS) is 19.2. The smallest absolute Gasteiger partial charge is 0.292 e. The maximum Gasteiger partial charge on any atom is 0.292 e. The predicted octanol–water partition coefficient (Wildman–Crippen LogP) is 3.37. The van der Waals surface area contributed by atoms with E-state index in [4.69, 9.17) is 0 Å². The maximum absolute atomic E-state index is 13.0. The number of rotatable bonds is 4. The van der Waals surface area contributed by atoms with Gasteiger partial charge in [-0.25, -0.2) is 0 Å². The zero-order chi connectivity index (χ0) is 17.6. The fraction of sp³-hybridized carbons (Fsp3) is 0.278. The molecule has 2 aromatic carbocycles. The van der Waals surface area contributed by atoms with E-state index in [2.05, 4.69) is 10.6 Å². The highest BCUT2D eigenvalue weighted by molar-refractivity contribution is 6.02. The molecule has 7 heteroatoms. The lowest BCUT2D eigenvalue weighted by molar-refractivity contribution is -0.384. The fourth-order valence-electron chi connectivity index (χ4n) is 3.32. The van der Waals surface area contributed by atoms with Crippen LogP contribution in [0.2, 0.25) is 0 Å². The van der Waals surface area contributed by atoms with Crippen LogP contribution in [-0.4, -0.2) is 28.8 Å². The molecule has 1 heterocycles. The number of nitrogens with one attached hydrogen (secondary N) is 2. The number of amides is 1. The third-order valence-corrected chi connectivity index (χ3v) is 4.71. The van der Waals surface area contributed by atoms with Gasteiger partial charge in [-0.2, -0.15) is 0 Å². The van der Waals surface area contributed by atoms with E-state index in [0.717, 1.165) is 18.5 Å². The van der Waals surface area contributed by atoms with E-state index in [9.17, 15) is 14.9 Å². The summed E-state index contributed by atoms with van der Waals surface area (Å²) in [6, 6.07) is 12.6. The van der Waals surface area contributed by atoms with Crippen LogP contribution in [0.25, 0.3) is 0 Å². The second-order valence-electron chi connectivity index (χ2n) is 6.32. The molecule has 1 aliphatic heterocycles. The molecule has 4 rings (SSSR count). The van der Waals surface area contributed by atoms with E-state index in [1.54, 1.807) is 19.2 Å². The summed E-state index contributed by atoms with van der Waals surface area (Å²) in [5.41, 5.74) is 2.57. The predicted molar refractivity (Wildman–Crippen MR) is 94.6 cm³/mol. The van der Waals surface area contributed by atoms with Gasteiger partial charge in [0, 0.05) is 30.4 Å². The zero-order valence-corrected chi connectivity index (χ0v) is 13.7. The minimum atomic E-state index is -0.407. The van der Waals surface area contributed by atoms with Crippen LogP contribution in [0.1, 0.15) is 34.9 Å². The van der Waals surface area contributed by atoms with Crippen LogP contribution in [0, 0.1) is 10.1 Å². The number of anilines is 2. The maximum atomic E-state index is 13.0. The number of hydrogen-bond acceptors (Lipinski definition) is 5. The Balaban J connectivity index is 1.80. The van der Waals surface area contributed by atoms with Crippen LogP contribution >= 0.6 is 0 Å². The Morgan fingerprint density at radius 3 is 2.68 bits per heavy atom. The Hall–Kier alpha value is -3.09. The number of para-hydroxylation sites is 1. The van der Waals surface area contributed by atoms with Crippen molar-refractivity contribution in [3.05, 3.63) is 63.7 Å². The van der Waals surface area contributed by atoms with Gasteiger partial charge in [-0.05, 0) is 31.0 Å². The highest BCUT2D eigenvalue weighted by atomic mass is 16.6. The molecular weight excluding hydrogens is 320 g/mol. The number of benzene rings is 2.